The third kappa shape index (κ3) is 3.55. The standard InChI is InChI=1S/C23H17ClN2O/c1-16-5-4-6-19(15-16)26-22(14-11-17-9-12-18(24)13-10-17)25-21-8-3-2-7-20(21)23(26)27/h2-15H,1H3/b14-11-. The van der Waals surface area contributed by atoms with E-state index in [-0.39, 0.29) is 5.56 Å². The van der Waals surface area contributed by atoms with Gasteiger partial charge in [-0.2, -0.15) is 0 Å². The minimum Gasteiger partial charge on any atom is -0.268 e. The smallest absolute Gasteiger partial charge is 0.266 e. The van der Waals surface area contributed by atoms with Crippen LogP contribution in [0.4, 0.5) is 0 Å². The summed E-state index contributed by atoms with van der Waals surface area (Å²) in [6.07, 6.45) is 3.79. The van der Waals surface area contributed by atoms with E-state index in [4.69, 9.17) is 16.6 Å². The van der Waals surface area contributed by atoms with Crippen LogP contribution >= 0.6 is 11.6 Å². The lowest BCUT2D eigenvalue weighted by Gasteiger charge is -2.12. The number of hydrogen-bond donors (Lipinski definition) is 0. The molecule has 27 heavy (non-hydrogen) atoms. The number of aromatic nitrogens is 2. The van der Waals surface area contributed by atoms with Crippen molar-refractivity contribution < 1.29 is 0 Å². The van der Waals surface area contributed by atoms with Gasteiger partial charge in [0, 0.05) is 5.02 Å². The van der Waals surface area contributed by atoms with Gasteiger partial charge in [0.25, 0.3) is 5.56 Å². The lowest BCUT2D eigenvalue weighted by molar-refractivity contribution is 0.942. The molecular formula is C23H17ClN2O. The maximum atomic E-state index is 13.2. The number of rotatable bonds is 3. The Balaban J connectivity index is 1.93. The second-order valence-electron chi connectivity index (χ2n) is 6.35. The second-order valence-corrected chi connectivity index (χ2v) is 6.79. The van der Waals surface area contributed by atoms with E-state index in [0.29, 0.717) is 21.7 Å². The minimum absolute atomic E-state index is 0.0815. The van der Waals surface area contributed by atoms with Crippen molar-refractivity contribution >= 4 is 34.7 Å². The molecule has 0 radical (unpaired) electrons. The Bertz CT molecular complexity index is 1210. The molecule has 0 amide bonds. The first-order chi connectivity index (χ1) is 13.1. The largest absolute Gasteiger partial charge is 0.268 e. The molecule has 3 nitrogen and oxygen atoms in total. The minimum atomic E-state index is -0.0815. The molecule has 0 saturated carbocycles. The van der Waals surface area contributed by atoms with Gasteiger partial charge < -0.3 is 0 Å². The maximum absolute atomic E-state index is 13.2. The molecule has 1 heterocycles. The third-order valence-corrected chi connectivity index (χ3v) is 4.61. The molecule has 0 bridgehead atoms. The number of halogens is 1. The van der Waals surface area contributed by atoms with E-state index in [2.05, 4.69) is 0 Å². The van der Waals surface area contributed by atoms with Crippen LogP contribution in [-0.4, -0.2) is 9.55 Å². The predicted octanol–water partition coefficient (Wildman–Crippen LogP) is 5.52. The van der Waals surface area contributed by atoms with Gasteiger partial charge in [-0.25, -0.2) is 4.98 Å². The lowest BCUT2D eigenvalue weighted by atomic mass is 10.2. The van der Waals surface area contributed by atoms with E-state index >= 15 is 0 Å². The van der Waals surface area contributed by atoms with Crippen molar-refractivity contribution in [3.8, 4) is 5.69 Å². The van der Waals surface area contributed by atoms with Crippen molar-refractivity contribution in [2.45, 2.75) is 6.92 Å². The van der Waals surface area contributed by atoms with Crippen molar-refractivity contribution in [1.82, 2.24) is 9.55 Å². The molecule has 0 aliphatic rings. The first kappa shape index (κ1) is 17.3. The summed E-state index contributed by atoms with van der Waals surface area (Å²) in [5.74, 6) is 0.583. The topological polar surface area (TPSA) is 34.9 Å². The molecule has 4 heteroatoms. The SMILES string of the molecule is Cc1cccc(-n2c(/C=C\c3ccc(Cl)cc3)nc3ccccc3c2=O)c1. The fourth-order valence-corrected chi connectivity index (χ4v) is 3.15. The van der Waals surface area contributed by atoms with Crippen LogP contribution in [0.1, 0.15) is 17.0 Å². The van der Waals surface area contributed by atoms with Gasteiger partial charge in [0.1, 0.15) is 5.82 Å². The van der Waals surface area contributed by atoms with Crippen LogP contribution in [-0.2, 0) is 0 Å². The summed E-state index contributed by atoms with van der Waals surface area (Å²) in [5, 5.41) is 1.29. The van der Waals surface area contributed by atoms with Crippen LogP contribution in [0.5, 0.6) is 0 Å². The van der Waals surface area contributed by atoms with Gasteiger partial charge in [-0.05, 0) is 60.5 Å². The third-order valence-electron chi connectivity index (χ3n) is 4.36. The number of nitrogens with zero attached hydrogens (tertiary/aromatic N) is 2. The summed E-state index contributed by atoms with van der Waals surface area (Å²) in [4.78, 5) is 17.9. The molecular weight excluding hydrogens is 356 g/mol. The van der Waals surface area contributed by atoms with Crippen LogP contribution in [0.15, 0.2) is 77.6 Å². The normalized spacial score (nSPS) is 11.3. The lowest BCUT2D eigenvalue weighted by Crippen LogP contribution is -2.22. The Morgan fingerprint density at radius 1 is 0.926 bits per heavy atom. The fraction of sp³-hybridized carbons (Fsp3) is 0.0435. The van der Waals surface area contributed by atoms with E-state index in [0.717, 1.165) is 16.8 Å². The van der Waals surface area contributed by atoms with Crippen LogP contribution in [0.2, 0.25) is 5.02 Å². The molecule has 0 fully saturated rings. The molecule has 0 spiro atoms. The Morgan fingerprint density at radius 2 is 1.70 bits per heavy atom. The molecule has 0 N–H and O–H groups in total. The summed E-state index contributed by atoms with van der Waals surface area (Å²) in [5.41, 5.74) is 3.47. The zero-order valence-electron chi connectivity index (χ0n) is 14.8. The number of hydrogen-bond acceptors (Lipinski definition) is 2. The van der Waals surface area contributed by atoms with E-state index in [9.17, 15) is 4.79 Å². The van der Waals surface area contributed by atoms with Gasteiger partial charge in [0.2, 0.25) is 0 Å². The second kappa shape index (κ2) is 7.22. The molecule has 0 saturated heterocycles. The molecule has 3 aromatic carbocycles. The van der Waals surface area contributed by atoms with Crippen molar-refractivity contribution in [2.75, 3.05) is 0 Å². The monoisotopic (exact) mass is 372 g/mol. The predicted molar refractivity (Wildman–Crippen MR) is 112 cm³/mol. The van der Waals surface area contributed by atoms with Crippen molar-refractivity contribution in [1.29, 1.82) is 0 Å². The van der Waals surface area contributed by atoms with E-state index in [1.165, 1.54) is 0 Å². The Labute approximate surface area is 162 Å². The highest BCUT2D eigenvalue weighted by Gasteiger charge is 2.11. The van der Waals surface area contributed by atoms with Gasteiger partial charge in [-0.3, -0.25) is 9.36 Å². The van der Waals surface area contributed by atoms with E-state index in [1.807, 2.05) is 91.9 Å². The number of fused-ring (bicyclic) bond motifs is 1. The highest BCUT2D eigenvalue weighted by atomic mass is 35.5. The molecule has 4 rings (SSSR count). The average molecular weight is 373 g/mol. The van der Waals surface area contributed by atoms with Gasteiger partial charge in [-0.15, -0.1) is 0 Å². The van der Waals surface area contributed by atoms with Gasteiger partial charge in [0.05, 0.1) is 16.6 Å². The molecule has 132 valence electrons. The quantitative estimate of drug-likeness (QED) is 0.474. The first-order valence-corrected chi connectivity index (χ1v) is 9.02. The number of aryl methyl sites for hydroxylation is 1. The van der Waals surface area contributed by atoms with Gasteiger partial charge in [0.15, 0.2) is 0 Å². The molecule has 4 aromatic rings. The summed E-state index contributed by atoms with van der Waals surface area (Å²) in [6.45, 7) is 2.01. The van der Waals surface area contributed by atoms with Crippen molar-refractivity contribution in [3.63, 3.8) is 0 Å². The molecule has 1 aromatic heterocycles. The highest BCUT2D eigenvalue weighted by Crippen LogP contribution is 2.17. The van der Waals surface area contributed by atoms with Crippen LogP contribution in [0.3, 0.4) is 0 Å². The molecule has 0 unspecified atom stereocenters. The van der Waals surface area contributed by atoms with E-state index < -0.39 is 0 Å². The zero-order valence-corrected chi connectivity index (χ0v) is 15.5. The summed E-state index contributed by atoms with van der Waals surface area (Å²) >= 11 is 5.95. The summed E-state index contributed by atoms with van der Waals surface area (Å²) < 4.78 is 1.65. The average Bonchev–Trinajstić information content (AvgIpc) is 2.68. The number of benzene rings is 3. The van der Waals surface area contributed by atoms with Crippen molar-refractivity contribution in [3.05, 3.63) is 105 Å². The van der Waals surface area contributed by atoms with Crippen LogP contribution < -0.4 is 5.56 Å². The highest BCUT2D eigenvalue weighted by molar-refractivity contribution is 6.30. The van der Waals surface area contributed by atoms with Gasteiger partial charge in [-0.1, -0.05) is 54.1 Å². The number of para-hydroxylation sites is 1. The zero-order chi connectivity index (χ0) is 18.8. The molecule has 0 atom stereocenters. The van der Waals surface area contributed by atoms with E-state index in [1.54, 1.807) is 4.57 Å². The van der Waals surface area contributed by atoms with Crippen molar-refractivity contribution in [2.24, 2.45) is 0 Å². The maximum Gasteiger partial charge on any atom is 0.266 e. The molecule has 0 aliphatic heterocycles. The Kier molecular flexibility index (Phi) is 4.61. The van der Waals surface area contributed by atoms with Gasteiger partial charge >= 0.3 is 0 Å². The molecule has 0 aliphatic carbocycles. The Morgan fingerprint density at radius 3 is 2.48 bits per heavy atom. The summed E-state index contributed by atoms with van der Waals surface area (Å²) in [6, 6.07) is 22.8. The first-order valence-electron chi connectivity index (χ1n) is 8.64. The van der Waals surface area contributed by atoms with Crippen LogP contribution in [0.25, 0.3) is 28.7 Å². The Hall–Kier alpha value is -3.17. The fourth-order valence-electron chi connectivity index (χ4n) is 3.02. The van der Waals surface area contributed by atoms with Crippen LogP contribution in [0, 0.1) is 6.92 Å². The summed E-state index contributed by atoms with van der Waals surface area (Å²) in [7, 11) is 0.